The molecule has 1 unspecified atom stereocenters. The van der Waals surface area contributed by atoms with Crippen LogP contribution in [0, 0.1) is 0 Å². The van der Waals surface area contributed by atoms with Gasteiger partial charge in [-0.15, -0.1) is 0 Å². The minimum Gasteiger partial charge on any atom is -0.492 e. The lowest BCUT2D eigenvalue weighted by atomic mass is 9.89. The Balaban J connectivity index is 1.91. The molecule has 1 aliphatic rings. The second kappa shape index (κ2) is 6.30. The summed E-state index contributed by atoms with van der Waals surface area (Å²) < 4.78 is 5.66. The summed E-state index contributed by atoms with van der Waals surface area (Å²) in [5.74, 6) is -0.602. The van der Waals surface area contributed by atoms with Crippen molar-refractivity contribution >= 4 is 23.4 Å². The van der Waals surface area contributed by atoms with Crippen LogP contribution in [-0.2, 0) is 9.68 Å². The maximum absolute atomic E-state index is 12.7. The van der Waals surface area contributed by atoms with Gasteiger partial charge in [0.2, 0.25) is 0 Å². The smallest absolute Gasteiger partial charge is 0.352 e. The van der Waals surface area contributed by atoms with Crippen LogP contribution >= 0.6 is 11.6 Å². The molecule has 0 radical (unpaired) electrons. The van der Waals surface area contributed by atoms with E-state index in [-0.39, 0.29) is 23.2 Å². The minimum absolute atomic E-state index is 0.110. The predicted molar refractivity (Wildman–Crippen MR) is 82.9 cm³/mol. The van der Waals surface area contributed by atoms with E-state index >= 15 is 0 Å². The van der Waals surface area contributed by atoms with E-state index in [1.807, 2.05) is 30.3 Å². The van der Waals surface area contributed by atoms with Gasteiger partial charge in [-0.2, -0.15) is 0 Å². The zero-order valence-electron chi connectivity index (χ0n) is 12.2. The molecule has 0 aromatic heterocycles. The number of fused-ring (bicyclic) bond motifs is 1. The van der Waals surface area contributed by atoms with Crippen molar-refractivity contribution < 1.29 is 24.1 Å². The van der Waals surface area contributed by atoms with E-state index in [2.05, 4.69) is 4.89 Å². The fourth-order valence-electron chi connectivity index (χ4n) is 2.42. The number of ether oxygens (including phenoxy) is 1. The molecule has 0 saturated carbocycles. The monoisotopic (exact) mass is 332 g/mol. The van der Waals surface area contributed by atoms with E-state index in [1.165, 1.54) is 19.1 Å². The number of rotatable bonds is 3. The van der Waals surface area contributed by atoms with Gasteiger partial charge >= 0.3 is 5.97 Å². The fourth-order valence-corrected chi connectivity index (χ4v) is 2.72. The van der Waals surface area contributed by atoms with Gasteiger partial charge in [-0.3, -0.25) is 14.6 Å². The molecule has 23 heavy (non-hydrogen) atoms. The minimum atomic E-state index is -0.597. The Labute approximate surface area is 137 Å². The zero-order chi connectivity index (χ0) is 16.4. The van der Waals surface area contributed by atoms with E-state index < -0.39 is 11.9 Å². The van der Waals surface area contributed by atoms with Gasteiger partial charge in [-0.25, -0.2) is 4.79 Å². The van der Waals surface area contributed by atoms with E-state index in [4.69, 9.17) is 21.2 Å². The van der Waals surface area contributed by atoms with Gasteiger partial charge in [0.25, 0.3) is 0 Å². The first kappa shape index (κ1) is 15.4. The fraction of sp³-hybridized carbons (Fsp3) is 0.176. The second-order valence-electron chi connectivity index (χ2n) is 5.08. The van der Waals surface area contributed by atoms with Crippen LogP contribution in [0.3, 0.4) is 0 Å². The first-order chi connectivity index (χ1) is 11.1. The average Bonchev–Trinajstić information content (AvgIpc) is 2.53. The maximum Gasteiger partial charge on any atom is 0.352 e. The van der Waals surface area contributed by atoms with Crippen LogP contribution in [0.4, 0.5) is 0 Å². The second-order valence-corrected chi connectivity index (χ2v) is 5.48. The van der Waals surface area contributed by atoms with Crippen LogP contribution in [0.25, 0.3) is 0 Å². The predicted octanol–water partition coefficient (Wildman–Crippen LogP) is 3.56. The third kappa shape index (κ3) is 3.14. The van der Waals surface area contributed by atoms with Crippen LogP contribution in [0.15, 0.2) is 42.5 Å². The van der Waals surface area contributed by atoms with Crippen molar-refractivity contribution in [1.29, 1.82) is 0 Å². The van der Waals surface area contributed by atoms with Crippen LogP contribution in [0.5, 0.6) is 11.5 Å². The van der Waals surface area contributed by atoms with Gasteiger partial charge < -0.3 is 4.74 Å². The van der Waals surface area contributed by atoms with E-state index in [0.29, 0.717) is 11.3 Å². The van der Waals surface area contributed by atoms with Crippen LogP contribution in [0.2, 0.25) is 5.02 Å². The molecule has 6 heteroatoms. The number of carbonyl (C=O) groups is 2. The Bertz CT molecular complexity index is 757. The zero-order valence-corrected chi connectivity index (χ0v) is 13.0. The molecule has 0 N–H and O–H groups in total. The first-order valence-corrected chi connectivity index (χ1v) is 7.34. The Kier molecular flexibility index (Phi) is 4.21. The Morgan fingerprint density at radius 1 is 1.26 bits per heavy atom. The average molecular weight is 333 g/mol. The van der Waals surface area contributed by atoms with Crippen LogP contribution in [-0.4, -0.2) is 18.4 Å². The topological polar surface area (TPSA) is 61.8 Å². The normalized spacial score (nSPS) is 16.3. The van der Waals surface area contributed by atoms with Crippen LogP contribution in [0.1, 0.15) is 28.8 Å². The van der Waals surface area contributed by atoms with Crippen LogP contribution < -0.4 is 9.62 Å². The first-order valence-electron chi connectivity index (χ1n) is 6.97. The summed E-state index contributed by atoms with van der Waals surface area (Å²) in [6, 6.07) is 12.3. The molecular formula is C17H13ClO5. The van der Waals surface area contributed by atoms with Gasteiger partial charge in [0.05, 0.1) is 16.5 Å². The van der Waals surface area contributed by atoms with Crippen molar-refractivity contribution in [1.82, 2.24) is 0 Å². The highest BCUT2D eigenvalue weighted by Gasteiger charge is 2.32. The molecule has 1 aliphatic heterocycles. The molecular weight excluding hydrogens is 320 g/mol. The maximum atomic E-state index is 12.7. The molecule has 5 nitrogen and oxygen atoms in total. The number of hydrogen-bond donors (Lipinski definition) is 0. The molecule has 0 saturated heterocycles. The lowest BCUT2D eigenvalue weighted by Crippen LogP contribution is -2.26. The molecule has 0 aliphatic carbocycles. The van der Waals surface area contributed by atoms with Gasteiger partial charge in [0.1, 0.15) is 12.4 Å². The molecule has 2 aromatic carbocycles. The summed E-state index contributed by atoms with van der Waals surface area (Å²) in [5.41, 5.74) is 1.18. The largest absolute Gasteiger partial charge is 0.492 e. The molecule has 2 aromatic rings. The van der Waals surface area contributed by atoms with Crippen molar-refractivity contribution in [2.45, 2.75) is 12.8 Å². The summed E-state index contributed by atoms with van der Waals surface area (Å²) in [6.45, 7) is 1.42. The van der Waals surface area contributed by atoms with Crippen molar-refractivity contribution in [2.75, 3.05) is 6.61 Å². The highest BCUT2D eigenvalue weighted by molar-refractivity contribution is 6.35. The summed E-state index contributed by atoms with van der Waals surface area (Å²) in [6.07, 6.45) is 0. The molecule has 118 valence electrons. The molecule has 1 heterocycles. The molecule has 1 atom stereocenters. The molecule has 0 spiro atoms. The third-order valence-corrected chi connectivity index (χ3v) is 3.75. The summed E-state index contributed by atoms with van der Waals surface area (Å²) in [4.78, 5) is 32.8. The molecule has 0 bridgehead atoms. The van der Waals surface area contributed by atoms with Gasteiger partial charge in [0, 0.05) is 19.1 Å². The lowest BCUT2D eigenvalue weighted by Gasteiger charge is -2.25. The molecule has 0 amide bonds. The SMILES string of the molecule is CC(=O)OOc1cc(Cl)c2c(c1)OCC(c1ccccc1)C2=O. The number of halogens is 1. The summed E-state index contributed by atoms with van der Waals surface area (Å²) in [5, 5.41) is 0.190. The van der Waals surface area contributed by atoms with Crippen molar-refractivity contribution in [3.8, 4) is 11.5 Å². The highest BCUT2D eigenvalue weighted by Crippen LogP contribution is 2.39. The van der Waals surface area contributed by atoms with Crippen molar-refractivity contribution in [3.05, 3.63) is 58.6 Å². The lowest BCUT2D eigenvalue weighted by molar-refractivity contribution is -0.210. The number of benzene rings is 2. The third-order valence-electron chi connectivity index (χ3n) is 3.45. The van der Waals surface area contributed by atoms with Gasteiger partial charge in [-0.1, -0.05) is 41.9 Å². The molecule has 3 rings (SSSR count). The van der Waals surface area contributed by atoms with Crippen molar-refractivity contribution in [2.24, 2.45) is 0 Å². The number of ketones is 1. The van der Waals surface area contributed by atoms with Gasteiger partial charge in [0.15, 0.2) is 11.5 Å². The summed E-state index contributed by atoms with van der Waals surface area (Å²) in [7, 11) is 0. The van der Waals surface area contributed by atoms with Crippen molar-refractivity contribution in [3.63, 3.8) is 0 Å². The highest BCUT2D eigenvalue weighted by atomic mass is 35.5. The summed E-state index contributed by atoms with van der Waals surface area (Å²) >= 11 is 6.19. The number of carbonyl (C=O) groups excluding carboxylic acids is 2. The number of Topliss-reactive ketones (excluding diaryl/α,β-unsaturated/α-hetero) is 1. The quantitative estimate of drug-likeness (QED) is 0.635. The van der Waals surface area contributed by atoms with E-state index in [0.717, 1.165) is 5.56 Å². The Morgan fingerprint density at radius 3 is 2.70 bits per heavy atom. The molecule has 0 fully saturated rings. The Hall–Kier alpha value is -2.53. The number of hydrogen-bond acceptors (Lipinski definition) is 5. The van der Waals surface area contributed by atoms with E-state index in [9.17, 15) is 9.59 Å². The Morgan fingerprint density at radius 2 is 2.00 bits per heavy atom. The van der Waals surface area contributed by atoms with E-state index in [1.54, 1.807) is 0 Å². The van der Waals surface area contributed by atoms with Gasteiger partial charge in [-0.05, 0) is 5.56 Å². The standard InChI is InChI=1S/C17H13ClO5/c1-10(19)22-23-12-7-14(18)16-15(8-12)21-9-13(17(16)20)11-5-3-2-4-6-11/h2-8,13H,9H2,1H3.